The first-order valence-corrected chi connectivity index (χ1v) is 6.28. The fourth-order valence-electron chi connectivity index (χ4n) is 1.50. The van der Waals surface area contributed by atoms with Crippen LogP contribution in [0, 0.1) is 0 Å². The van der Waals surface area contributed by atoms with Crippen molar-refractivity contribution in [2.45, 2.75) is 26.2 Å². The Morgan fingerprint density at radius 2 is 1.94 bits per heavy atom. The second-order valence-corrected chi connectivity index (χ2v) is 4.07. The third kappa shape index (κ3) is 5.29. The van der Waals surface area contributed by atoms with Gasteiger partial charge in [0.2, 0.25) is 0 Å². The number of nitrogens with one attached hydrogen (secondary N) is 1. The van der Waals surface area contributed by atoms with Crippen LogP contribution < -0.4 is 5.48 Å². The molecule has 0 spiro atoms. The van der Waals surface area contributed by atoms with Crippen LogP contribution in [0.3, 0.4) is 0 Å². The Balaban J connectivity index is 2.38. The van der Waals surface area contributed by atoms with Gasteiger partial charge in [-0.05, 0) is 30.5 Å². The third-order valence-electron chi connectivity index (χ3n) is 2.59. The van der Waals surface area contributed by atoms with Crippen molar-refractivity contribution in [1.29, 1.82) is 0 Å². The molecule has 1 aromatic rings. The number of hydrogen-bond acceptors (Lipinski definition) is 3. The molecule has 0 saturated heterocycles. The van der Waals surface area contributed by atoms with Crippen LogP contribution >= 0.6 is 0 Å². The lowest BCUT2D eigenvalue weighted by atomic mass is 10.1. The lowest BCUT2D eigenvalue weighted by Gasteiger charge is -2.06. The van der Waals surface area contributed by atoms with Gasteiger partial charge in [0.1, 0.15) is 0 Å². The van der Waals surface area contributed by atoms with E-state index in [1.165, 1.54) is 18.4 Å². The normalized spacial score (nSPS) is 10.3. The lowest BCUT2D eigenvalue weighted by Crippen LogP contribution is -2.25. The summed E-state index contributed by atoms with van der Waals surface area (Å²) in [6.07, 6.45) is 3.41. The van der Waals surface area contributed by atoms with Gasteiger partial charge in [0, 0.05) is 12.7 Å². The maximum absolute atomic E-state index is 11.7. The quantitative estimate of drug-likeness (QED) is 0.570. The minimum Gasteiger partial charge on any atom is -0.382 e. The Morgan fingerprint density at radius 1 is 1.22 bits per heavy atom. The molecule has 1 aromatic carbocycles. The Labute approximate surface area is 108 Å². The average Bonchev–Trinajstić information content (AvgIpc) is 2.41. The number of carbonyl (C=O) groups is 1. The van der Waals surface area contributed by atoms with Gasteiger partial charge in [-0.2, -0.15) is 0 Å². The number of unbranched alkanes of at least 4 members (excludes halogenated alkanes) is 1. The largest absolute Gasteiger partial charge is 0.382 e. The van der Waals surface area contributed by atoms with Crippen LogP contribution in [0.25, 0.3) is 0 Å². The van der Waals surface area contributed by atoms with E-state index in [9.17, 15) is 4.79 Å². The fraction of sp³-hybridized carbons (Fsp3) is 0.500. The first-order chi connectivity index (χ1) is 8.77. The number of hydroxylamine groups is 1. The van der Waals surface area contributed by atoms with Crippen LogP contribution in [-0.2, 0) is 16.0 Å². The summed E-state index contributed by atoms with van der Waals surface area (Å²) >= 11 is 0. The second-order valence-electron chi connectivity index (χ2n) is 4.07. The highest BCUT2D eigenvalue weighted by atomic mass is 16.7. The van der Waals surface area contributed by atoms with Crippen molar-refractivity contribution in [3.05, 3.63) is 35.4 Å². The van der Waals surface area contributed by atoms with Crippen molar-refractivity contribution in [3.8, 4) is 0 Å². The molecule has 0 aromatic heterocycles. The monoisotopic (exact) mass is 251 g/mol. The average molecular weight is 251 g/mol. The summed E-state index contributed by atoms with van der Waals surface area (Å²) in [5.41, 5.74) is 4.24. The van der Waals surface area contributed by atoms with E-state index in [0.29, 0.717) is 18.8 Å². The van der Waals surface area contributed by atoms with E-state index in [1.807, 2.05) is 24.3 Å². The van der Waals surface area contributed by atoms with Crippen molar-refractivity contribution in [1.82, 2.24) is 5.48 Å². The molecule has 0 heterocycles. The molecule has 0 saturated carbocycles. The summed E-state index contributed by atoms with van der Waals surface area (Å²) in [4.78, 5) is 16.6. The van der Waals surface area contributed by atoms with Gasteiger partial charge in [-0.25, -0.2) is 5.48 Å². The molecule has 100 valence electrons. The molecule has 4 heteroatoms. The molecule has 0 radical (unpaired) electrons. The van der Waals surface area contributed by atoms with Crippen LogP contribution in [-0.4, -0.2) is 26.2 Å². The number of ether oxygens (including phenoxy) is 1. The molecular formula is C14H21NO3. The molecule has 0 bridgehead atoms. The topological polar surface area (TPSA) is 47.6 Å². The predicted octanol–water partition coefficient (Wildman–Crippen LogP) is 2.34. The molecule has 0 aliphatic rings. The minimum absolute atomic E-state index is 0.229. The third-order valence-corrected chi connectivity index (χ3v) is 2.59. The highest BCUT2D eigenvalue weighted by Crippen LogP contribution is 2.07. The van der Waals surface area contributed by atoms with Crippen LogP contribution in [0.2, 0.25) is 0 Å². The Bertz CT molecular complexity index is 349. The van der Waals surface area contributed by atoms with Gasteiger partial charge >= 0.3 is 0 Å². The number of methoxy groups -OCH3 is 1. The zero-order valence-corrected chi connectivity index (χ0v) is 11.1. The number of benzene rings is 1. The highest BCUT2D eigenvalue weighted by Gasteiger charge is 2.04. The number of aryl methyl sites for hydroxylation is 1. The van der Waals surface area contributed by atoms with Crippen LogP contribution in [0.5, 0.6) is 0 Å². The summed E-state index contributed by atoms with van der Waals surface area (Å²) in [5.74, 6) is -0.229. The van der Waals surface area contributed by atoms with E-state index in [-0.39, 0.29) is 5.91 Å². The van der Waals surface area contributed by atoms with Crippen molar-refractivity contribution in [2.75, 3.05) is 20.3 Å². The summed E-state index contributed by atoms with van der Waals surface area (Å²) in [5, 5.41) is 0. The van der Waals surface area contributed by atoms with E-state index in [1.54, 1.807) is 7.11 Å². The highest BCUT2D eigenvalue weighted by molar-refractivity contribution is 5.93. The standard InChI is InChI=1S/C14H21NO3/c1-3-4-5-12-6-8-13(9-7-12)14(16)15-18-11-10-17-2/h6-9H,3-5,10-11H2,1-2H3,(H,15,16). The smallest absolute Gasteiger partial charge is 0.274 e. The molecule has 4 nitrogen and oxygen atoms in total. The van der Waals surface area contributed by atoms with Gasteiger partial charge in [-0.15, -0.1) is 0 Å². The van der Waals surface area contributed by atoms with Crippen LogP contribution in [0.1, 0.15) is 35.7 Å². The van der Waals surface area contributed by atoms with Gasteiger partial charge < -0.3 is 4.74 Å². The number of amides is 1. The van der Waals surface area contributed by atoms with Gasteiger partial charge in [0.15, 0.2) is 0 Å². The van der Waals surface area contributed by atoms with Crippen LogP contribution in [0.15, 0.2) is 24.3 Å². The minimum atomic E-state index is -0.229. The van der Waals surface area contributed by atoms with E-state index >= 15 is 0 Å². The molecule has 0 aliphatic heterocycles. The van der Waals surface area contributed by atoms with Crippen molar-refractivity contribution in [2.24, 2.45) is 0 Å². The van der Waals surface area contributed by atoms with Crippen molar-refractivity contribution in [3.63, 3.8) is 0 Å². The molecule has 1 N–H and O–H groups in total. The molecular weight excluding hydrogens is 230 g/mol. The number of rotatable bonds is 8. The summed E-state index contributed by atoms with van der Waals surface area (Å²) in [6, 6.07) is 7.61. The van der Waals surface area contributed by atoms with E-state index < -0.39 is 0 Å². The van der Waals surface area contributed by atoms with Crippen molar-refractivity contribution < 1.29 is 14.4 Å². The molecule has 0 unspecified atom stereocenters. The number of hydrogen-bond donors (Lipinski definition) is 1. The number of carbonyl (C=O) groups excluding carboxylic acids is 1. The maximum atomic E-state index is 11.7. The SMILES string of the molecule is CCCCc1ccc(C(=O)NOCCOC)cc1. The Morgan fingerprint density at radius 3 is 2.56 bits per heavy atom. The van der Waals surface area contributed by atoms with Crippen LogP contribution in [0.4, 0.5) is 0 Å². The van der Waals surface area contributed by atoms with Gasteiger partial charge in [-0.3, -0.25) is 9.63 Å². The van der Waals surface area contributed by atoms with Gasteiger partial charge in [0.25, 0.3) is 5.91 Å². The molecule has 1 amide bonds. The summed E-state index contributed by atoms with van der Waals surface area (Å²) in [7, 11) is 1.58. The molecule has 0 fully saturated rings. The lowest BCUT2D eigenvalue weighted by molar-refractivity contribution is 0.00889. The second kappa shape index (κ2) is 8.66. The predicted molar refractivity (Wildman–Crippen MR) is 70.3 cm³/mol. The molecule has 18 heavy (non-hydrogen) atoms. The summed E-state index contributed by atoms with van der Waals surface area (Å²) in [6.45, 7) is 2.96. The zero-order chi connectivity index (χ0) is 13.2. The first-order valence-electron chi connectivity index (χ1n) is 6.28. The first kappa shape index (κ1) is 14.7. The van der Waals surface area contributed by atoms with E-state index in [4.69, 9.17) is 9.57 Å². The van der Waals surface area contributed by atoms with Gasteiger partial charge in [0.05, 0.1) is 13.2 Å². The fourth-order valence-corrected chi connectivity index (χ4v) is 1.50. The van der Waals surface area contributed by atoms with E-state index in [2.05, 4.69) is 12.4 Å². The van der Waals surface area contributed by atoms with Gasteiger partial charge in [-0.1, -0.05) is 25.5 Å². The molecule has 0 atom stereocenters. The molecule has 1 rings (SSSR count). The Hall–Kier alpha value is -1.39. The molecule has 0 aliphatic carbocycles. The zero-order valence-electron chi connectivity index (χ0n) is 11.1. The maximum Gasteiger partial charge on any atom is 0.274 e. The van der Waals surface area contributed by atoms with E-state index in [0.717, 1.165) is 6.42 Å². The van der Waals surface area contributed by atoms with Crippen molar-refractivity contribution >= 4 is 5.91 Å². The summed E-state index contributed by atoms with van der Waals surface area (Å²) < 4.78 is 4.81. The Kier molecular flexibility index (Phi) is 7.06.